The van der Waals surface area contributed by atoms with E-state index in [1.165, 1.54) is 19.3 Å². The molecular formula is C26H28BrCl2NO3. The highest BCUT2D eigenvalue weighted by atomic mass is 79.9. The average molecular weight is 553 g/mol. The molecule has 1 aromatic carbocycles. The molecule has 1 aromatic heterocycles. The van der Waals surface area contributed by atoms with E-state index < -0.39 is 0 Å². The minimum atomic E-state index is -0.250. The van der Waals surface area contributed by atoms with Crippen LogP contribution in [-0.4, -0.2) is 27.3 Å². The van der Waals surface area contributed by atoms with Gasteiger partial charge in [0.2, 0.25) is 5.78 Å². The number of carbonyl (C=O) groups excluding carboxylic acids is 2. The normalized spacial score (nSPS) is 30.0. The first kappa shape index (κ1) is 23.4. The summed E-state index contributed by atoms with van der Waals surface area (Å²) in [6.07, 6.45) is 7.46. The third-order valence-electron chi connectivity index (χ3n) is 7.89. The maximum Gasteiger partial charge on any atom is 0.306 e. The van der Waals surface area contributed by atoms with Crippen molar-refractivity contribution in [2.45, 2.75) is 63.1 Å². The van der Waals surface area contributed by atoms with Gasteiger partial charge in [0.1, 0.15) is 0 Å². The summed E-state index contributed by atoms with van der Waals surface area (Å²) in [5.41, 5.74) is 3.12. The molecule has 176 valence electrons. The Hall–Kier alpha value is -1.30. The summed E-state index contributed by atoms with van der Waals surface area (Å²) in [7, 11) is 0. The third-order valence-corrected chi connectivity index (χ3v) is 9.55. The van der Waals surface area contributed by atoms with E-state index in [2.05, 4.69) is 15.9 Å². The van der Waals surface area contributed by atoms with Crippen molar-refractivity contribution in [1.82, 2.24) is 4.57 Å². The highest BCUT2D eigenvalue weighted by Gasteiger charge is 2.57. The predicted octanol–water partition coefficient (Wildman–Crippen LogP) is 7.25. The lowest BCUT2D eigenvalue weighted by Crippen LogP contribution is -2.53. The lowest BCUT2D eigenvalue weighted by molar-refractivity contribution is -0.149. The Balaban J connectivity index is 1.25. The Morgan fingerprint density at radius 1 is 1.09 bits per heavy atom. The summed E-state index contributed by atoms with van der Waals surface area (Å²) in [6.45, 7) is 3.59. The molecule has 0 radical (unpaired) electrons. The second-order valence-corrected chi connectivity index (χ2v) is 13.1. The molecule has 4 aliphatic rings. The molecule has 33 heavy (non-hydrogen) atoms. The standard InChI is InChI=1S/C26H28BrCl2NO3/c1-15-5-20(16(2)30(15)19-3-4-21(28)22(29)7-19)23(31)13-33-24(32)12-25-8-17-6-18(9-25)11-26(27,10-17)14-25/h3-5,7,17-18H,6,8-14H2,1-2H3. The summed E-state index contributed by atoms with van der Waals surface area (Å²) in [5.74, 6) is 0.989. The molecule has 1 heterocycles. The number of carbonyl (C=O) groups is 2. The number of ether oxygens (including phenoxy) is 1. The van der Waals surface area contributed by atoms with E-state index in [-0.39, 0.29) is 28.1 Å². The largest absolute Gasteiger partial charge is 0.457 e. The highest BCUT2D eigenvalue weighted by molar-refractivity contribution is 9.10. The first-order valence-corrected chi connectivity index (χ1v) is 13.1. The van der Waals surface area contributed by atoms with Crippen molar-refractivity contribution in [3.63, 3.8) is 0 Å². The molecular weight excluding hydrogens is 525 g/mol. The summed E-state index contributed by atoms with van der Waals surface area (Å²) < 4.78 is 7.69. The Morgan fingerprint density at radius 3 is 2.42 bits per heavy atom. The number of benzene rings is 1. The predicted molar refractivity (Wildman–Crippen MR) is 134 cm³/mol. The van der Waals surface area contributed by atoms with Gasteiger partial charge >= 0.3 is 5.97 Å². The van der Waals surface area contributed by atoms with Crippen molar-refractivity contribution >= 4 is 50.9 Å². The minimum absolute atomic E-state index is 0.0391. The zero-order chi connectivity index (χ0) is 23.5. The molecule has 4 saturated carbocycles. The van der Waals surface area contributed by atoms with Crippen LogP contribution in [0.2, 0.25) is 10.0 Å². The van der Waals surface area contributed by atoms with Crippen molar-refractivity contribution in [3.8, 4) is 5.69 Å². The number of rotatable bonds is 6. The molecule has 2 atom stereocenters. The van der Waals surface area contributed by atoms with Crippen LogP contribution in [0.1, 0.15) is 66.7 Å². The Morgan fingerprint density at radius 2 is 1.79 bits per heavy atom. The number of aryl methyl sites for hydroxylation is 1. The smallest absolute Gasteiger partial charge is 0.306 e. The second-order valence-electron chi connectivity index (χ2n) is 10.6. The van der Waals surface area contributed by atoms with E-state index in [0.29, 0.717) is 33.9 Å². The molecule has 6 rings (SSSR count). The van der Waals surface area contributed by atoms with Gasteiger partial charge in [-0.2, -0.15) is 0 Å². The highest BCUT2D eigenvalue weighted by Crippen LogP contribution is 2.65. The number of halogens is 3. The van der Waals surface area contributed by atoms with Crippen LogP contribution in [0.3, 0.4) is 0 Å². The molecule has 2 unspecified atom stereocenters. The summed E-state index contributed by atoms with van der Waals surface area (Å²) >= 11 is 16.2. The van der Waals surface area contributed by atoms with Crippen LogP contribution in [0, 0.1) is 31.1 Å². The van der Waals surface area contributed by atoms with Gasteiger partial charge in [-0.05, 0) is 93.9 Å². The van der Waals surface area contributed by atoms with Gasteiger partial charge in [-0.15, -0.1) is 0 Å². The summed E-state index contributed by atoms with van der Waals surface area (Å²) in [6, 6.07) is 7.22. The van der Waals surface area contributed by atoms with Crippen LogP contribution < -0.4 is 0 Å². The number of ketones is 1. The summed E-state index contributed by atoms with van der Waals surface area (Å²) in [5, 5.41) is 0.939. The number of nitrogens with zero attached hydrogens (tertiary/aromatic N) is 1. The SMILES string of the molecule is Cc1cc(C(=O)COC(=O)CC23CC4CC(CC(Br)(C4)C2)C3)c(C)n1-c1ccc(Cl)c(Cl)c1. The lowest BCUT2D eigenvalue weighted by Gasteiger charge is -2.60. The van der Waals surface area contributed by atoms with E-state index in [9.17, 15) is 9.59 Å². The van der Waals surface area contributed by atoms with Gasteiger partial charge in [-0.1, -0.05) is 39.1 Å². The molecule has 4 aliphatic carbocycles. The molecule has 0 N–H and O–H groups in total. The van der Waals surface area contributed by atoms with Crippen LogP contribution in [-0.2, 0) is 9.53 Å². The van der Waals surface area contributed by atoms with Crippen molar-refractivity contribution < 1.29 is 14.3 Å². The van der Waals surface area contributed by atoms with Crippen LogP contribution in [0.5, 0.6) is 0 Å². The topological polar surface area (TPSA) is 48.3 Å². The fourth-order valence-corrected chi connectivity index (χ4v) is 8.99. The fourth-order valence-electron chi connectivity index (χ4n) is 7.19. The fraction of sp³-hybridized carbons (Fsp3) is 0.538. The Labute approximate surface area is 213 Å². The number of alkyl halides is 1. The van der Waals surface area contributed by atoms with E-state index in [4.69, 9.17) is 27.9 Å². The maximum atomic E-state index is 13.0. The zero-order valence-electron chi connectivity index (χ0n) is 18.9. The number of hydrogen-bond acceptors (Lipinski definition) is 3. The van der Waals surface area contributed by atoms with E-state index in [1.54, 1.807) is 12.1 Å². The molecule has 4 nitrogen and oxygen atoms in total. The number of hydrogen-bond donors (Lipinski definition) is 0. The molecule has 7 heteroatoms. The van der Waals surface area contributed by atoms with E-state index in [0.717, 1.165) is 36.3 Å². The third kappa shape index (κ3) is 4.41. The van der Waals surface area contributed by atoms with Gasteiger partial charge in [0, 0.05) is 27.0 Å². The van der Waals surface area contributed by atoms with E-state index >= 15 is 0 Å². The van der Waals surface area contributed by atoms with Gasteiger partial charge in [0.15, 0.2) is 6.61 Å². The zero-order valence-corrected chi connectivity index (χ0v) is 22.0. The van der Waals surface area contributed by atoms with Crippen LogP contribution in [0.25, 0.3) is 5.69 Å². The van der Waals surface area contributed by atoms with Crippen LogP contribution >= 0.6 is 39.1 Å². The second kappa shape index (κ2) is 8.42. The quantitative estimate of drug-likeness (QED) is 0.215. The molecule has 0 amide bonds. The number of esters is 1. The average Bonchev–Trinajstić information content (AvgIpc) is 3.00. The molecule has 0 aliphatic heterocycles. The van der Waals surface area contributed by atoms with Crippen molar-refractivity contribution in [2.75, 3.05) is 6.61 Å². The van der Waals surface area contributed by atoms with Crippen molar-refractivity contribution in [3.05, 3.63) is 51.3 Å². The van der Waals surface area contributed by atoms with Crippen LogP contribution in [0.15, 0.2) is 24.3 Å². The monoisotopic (exact) mass is 551 g/mol. The maximum absolute atomic E-state index is 13.0. The van der Waals surface area contributed by atoms with Crippen LogP contribution in [0.4, 0.5) is 0 Å². The van der Waals surface area contributed by atoms with Crippen molar-refractivity contribution in [2.24, 2.45) is 17.3 Å². The molecule has 4 bridgehead atoms. The molecule has 0 spiro atoms. The number of aromatic nitrogens is 1. The van der Waals surface area contributed by atoms with Crippen molar-refractivity contribution in [1.29, 1.82) is 0 Å². The lowest BCUT2D eigenvalue weighted by atomic mass is 9.49. The molecule has 2 aromatic rings. The summed E-state index contributed by atoms with van der Waals surface area (Å²) in [4.78, 5) is 25.8. The van der Waals surface area contributed by atoms with Gasteiger partial charge in [0.05, 0.1) is 16.5 Å². The Bertz CT molecular complexity index is 1130. The van der Waals surface area contributed by atoms with Gasteiger partial charge in [-0.3, -0.25) is 9.59 Å². The molecule has 4 fully saturated rings. The molecule has 0 saturated heterocycles. The first-order chi connectivity index (χ1) is 15.6. The first-order valence-electron chi connectivity index (χ1n) is 11.6. The number of Topliss-reactive ketones (excluding diaryl/α,β-unsaturated/α-hetero) is 1. The minimum Gasteiger partial charge on any atom is -0.457 e. The van der Waals surface area contributed by atoms with Gasteiger partial charge < -0.3 is 9.30 Å². The van der Waals surface area contributed by atoms with Gasteiger partial charge in [-0.25, -0.2) is 0 Å². The van der Waals surface area contributed by atoms with Gasteiger partial charge in [0.25, 0.3) is 0 Å². The Kier molecular flexibility index (Phi) is 5.98. The van der Waals surface area contributed by atoms with E-state index in [1.807, 2.05) is 30.5 Å².